The molecule has 0 saturated carbocycles. The Morgan fingerprint density at radius 2 is 1.81 bits per heavy atom. The molecule has 0 bridgehead atoms. The highest BCUT2D eigenvalue weighted by atomic mass is 19.1. The third kappa shape index (κ3) is 3.93. The molecular formula is C23H14FN5O3. The monoisotopic (exact) mass is 427 g/mol. The standard InChI is InChI=1S/C23H14FN5O3/c24-19-7-6-16(11-20(19)28-23(31)32)29-13-15(21-26-8-3-9-27-21)10-18(22(29)30)17-5-2-1-4-14(17)12-25/h1-11,13,28H,(H,31,32). The van der Waals surface area contributed by atoms with Crippen LogP contribution in [0.1, 0.15) is 5.56 Å². The van der Waals surface area contributed by atoms with Gasteiger partial charge in [0, 0.05) is 35.3 Å². The lowest BCUT2D eigenvalue weighted by Crippen LogP contribution is -2.21. The number of carboxylic acid groups (broad SMARTS) is 1. The van der Waals surface area contributed by atoms with Crippen LogP contribution in [0.15, 0.2) is 78.0 Å². The van der Waals surface area contributed by atoms with Gasteiger partial charge in [-0.1, -0.05) is 18.2 Å². The van der Waals surface area contributed by atoms with Crippen molar-refractivity contribution in [3.05, 3.63) is 94.9 Å². The van der Waals surface area contributed by atoms with Crippen molar-refractivity contribution in [3.8, 4) is 34.3 Å². The molecule has 0 aliphatic rings. The molecular weight excluding hydrogens is 413 g/mol. The molecule has 0 spiro atoms. The number of benzene rings is 2. The van der Waals surface area contributed by atoms with Crippen LogP contribution in [0.2, 0.25) is 0 Å². The number of pyridine rings is 1. The number of hydrogen-bond donors (Lipinski definition) is 2. The van der Waals surface area contributed by atoms with Crippen molar-refractivity contribution < 1.29 is 14.3 Å². The van der Waals surface area contributed by atoms with Crippen molar-refractivity contribution in [2.75, 3.05) is 5.32 Å². The van der Waals surface area contributed by atoms with Crippen LogP contribution < -0.4 is 10.9 Å². The van der Waals surface area contributed by atoms with Crippen LogP contribution >= 0.6 is 0 Å². The predicted octanol–water partition coefficient (Wildman–Crippen LogP) is 4.06. The lowest BCUT2D eigenvalue weighted by molar-refractivity contribution is 0.209. The first kappa shape index (κ1) is 20.4. The Kier molecular flexibility index (Phi) is 5.42. The summed E-state index contributed by atoms with van der Waals surface area (Å²) in [6, 6.07) is 15.6. The summed E-state index contributed by atoms with van der Waals surface area (Å²) in [6.45, 7) is 0. The Morgan fingerprint density at radius 3 is 2.53 bits per heavy atom. The summed E-state index contributed by atoms with van der Waals surface area (Å²) in [6.07, 6.45) is 3.14. The van der Waals surface area contributed by atoms with Gasteiger partial charge in [-0.25, -0.2) is 19.2 Å². The molecule has 1 amide bonds. The minimum absolute atomic E-state index is 0.212. The van der Waals surface area contributed by atoms with Crippen molar-refractivity contribution in [3.63, 3.8) is 0 Å². The molecule has 0 radical (unpaired) electrons. The maximum absolute atomic E-state index is 14.1. The molecule has 0 unspecified atom stereocenters. The van der Waals surface area contributed by atoms with E-state index in [2.05, 4.69) is 16.0 Å². The lowest BCUT2D eigenvalue weighted by Gasteiger charge is -2.14. The summed E-state index contributed by atoms with van der Waals surface area (Å²) in [5.74, 6) is -0.454. The number of carbonyl (C=O) groups is 1. The van der Waals surface area contributed by atoms with Gasteiger partial charge in [0.1, 0.15) is 5.82 Å². The SMILES string of the molecule is N#Cc1ccccc1-c1cc(-c2ncccn2)cn(-c2ccc(F)c(NC(=O)O)c2)c1=O. The van der Waals surface area contributed by atoms with Gasteiger partial charge >= 0.3 is 6.09 Å². The van der Waals surface area contributed by atoms with Gasteiger partial charge in [-0.3, -0.25) is 14.7 Å². The van der Waals surface area contributed by atoms with E-state index in [1.54, 1.807) is 48.8 Å². The van der Waals surface area contributed by atoms with E-state index >= 15 is 0 Å². The largest absolute Gasteiger partial charge is 0.465 e. The number of nitrogens with zero attached hydrogens (tertiary/aromatic N) is 4. The van der Waals surface area contributed by atoms with Crippen LogP contribution in [0, 0.1) is 17.1 Å². The summed E-state index contributed by atoms with van der Waals surface area (Å²) in [7, 11) is 0. The first-order valence-corrected chi connectivity index (χ1v) is 9.31. The third-order valence-corrected chi connectivity index (χ3v) is 4.65. The molecule has 0 saturated heterocycles. The first-order valence-electron chi connectivity index (χ1n) is 9.31. The summed E-state index contributed by atoms with van der Waals surface area (Å²) in [5, 5.41) is 20.4. The van der Waals surface area contributed by atoms with Crippen LogP contribution in [0.5, 0.6) is 0 Å². The average Bonchev–Trinajstić information content (AvgIpc) is 2.81. The topological polar surface area (TPSA) is 121 Å². The number of nitriles is 1. The quantitative estimate of drug-likeness (QED) is 0.507. The number of anilines is 1. The van der Waals surface area contributed by atoms with E-state index in [4.69, 9.17) is 5.11 Å². The van der Waals surface area contributed by atoms with Crippen molar-refractivity contribution in [2.24, 2.45) is 0 Å². The number of aromatic nitrogens is 3. The Labute approximate surface area is 180 Å². The van der Waals surface area contributed by atoms with Gasteiger partial charge in [0.05, 0.1) is 23.0 Å². The molecule has 32 heavy (non-hydrogen) atoms. The van der Waals surface area contributed by atoms with E-state index in [9.17, 15) is 19.2 Å². The Morgan fingerprint density at radius 1 is 1.06 bits per heavy atom. The minimum Gasteiger partial charge on any atom is -0.465 e. The lowest BCUT2D eigenvalue weighted by atomic mass is 10.00. The van der Waals surface area contributed by atoms with Crippen LogP contribution in [0.3, 0.4) is 0 Å². The van der Waals surface area contributed by atoms with Crippen LogP contribution in [0.4, 0.5) is 14.9 Å². The van der Waals surface area contributed by atoms with E-state index in [0.717, 1.165) is 6.07 Å². The fraction of sp³-hybridized carbons (Fsp3) is 0. The van der Waals surface area contributed by atoms with Gasteiger partial charge in [-0.05, 0) is 36.4 Å². The predicted molar refractivity (Wildman–Crippen MR) is 115 cm³/mol. The zero-order valence-corrected chi connectivity index (χ0v) is 16.4. The molecule has 0 fully saturated rings. The van der Waals surface area contributed by atoms with Crippen molar-refractivity contribution in [1.29, 1.82) is 5.26 Å². The number of hydrogen-bond acceptors (Lipinski definition) is 5. The molecule has 2 heterocycles. The van der Waals surface area contributed by atoms with Crippen LogP contribution in [-0.4, -0.2) is 25.7 Å². The van der Waals surface area contributed by atoms with E-state index in [-0.39, 0.29) is 16.9 Å². The first-order chi connectivity index (χ1) is 15.5. The molecule has 0 aliphatic carbocycles. The summed E-state index contributed by atoms with van der Waals surface area (Å²) < 4.78 is 15.3. The minimum atomic E-state index is -1.44. The van der Waals surface area contributed by atoms with E-state index in [0.29, 0.717) is 22.5 Å². The number of nitrogens with one attached hydrogen (secondary N) is 1. The highest BCUT2D eigenvalue weighted by molar-refractivity contribution is 5.83. The molecule has 0 aliphatic heterocycles. The Balaban J connectivity index is 2.01. The Bertz CT molecular complexity index is 1430. The highest BCUT2D eigenvalue weighted by Crippen LogP contribution is 2.26. The van der Waals surface area contributed by atoms with E-state index in [1.807, 2.05) is 5.32 Å². The van der Waals surface area contributed by atoms with Crippen molar-refractivity contribution in [2.45, 2.75) is 0 Å². The van der Waals surface area contributed by atoms with Gasteiger partial charge in [0.2, 0.25) is 0 Å². The number of halogens is 1. The Hall–Kier alpha value is -4.84. The second-order valence-electron chi connectivity index (χ2n) is 6.64. The summed E-state index contributed by atoms with van der Waals surface area (Å²) >= 11 is 0. The maximum atomic E-state index is 14.1. The normalized spacial score (nSPS) is 10.4. The molecule has 2 aromatic heterocycles. The molecule has 156 valence electrons. The molecule has 0 atom stereocenters. The second-order valence-corrected chi connectivity index (χ2v) is 6.64. The second kappa shape index (κ2) is 8.49. The average molecular weight is 427 g/mol. The van der Waals surface area contributed by atoms with Crippen LogP contribution in [-0.2, 0) is 0 Å². The van der Waals surface area contributed by atoms with Gasteiger partial charge in [-0.15, -0.1) is 0 Å². The van der Waals surface area contributed by atoms with Crippen LogP contribution in [0.25, 0.3) is 28.2 Å². The molecule has 2 aromatic carbocycles. The molecule has 2 N–H and O–H groups in total. The summed E-state index contributed by atoms with van der Waals surface area (Å²) in [4.78, 5) is 32.9. The van der Waals surface area contributed by atoms with Gasteiger partial charge in [0.25, 0.3) is 5.56 Å². The van der Waals surface area contributed by atoms with Crippen molar-refractivity contribution >= 4 is 11.8 Å². The fourth-order valence-corrected chi connectivity index (χ4v) is 3.23. The molecule has 8 nitrogen and oxygen atoms in total. The molecule has 9 heteroatoms. The van der Waals surface area contributed by atoms with Gasteiger partial charge in [0.15, 0.2) is 5.82 Å². The van der Waals surface area contributed by atoms with E-state index in [1.165, 1.54) is 22.9 Å². The fourth-order valence-electron chi connectivity index (χ4n) is 3.23. The highest BCUT2D eigenvalue weighted by Gasteiger charge is 2.16. The van der Waals surface area contributed by atoms with E-state index < -0.39 is 17.5 Å². The summed E-state index contributed by atoms with van der Waals surface area (Å²) in [5.41, 5.74) is 0.831. The molecule has 4 aromatic rings. The number of amides is 1. The molecule has 4 rings (SSSR count). The van der Waals surface area contributed by atoms with Gasteiger partial charge < -0.3 is 5.11 Å². The third-order valence-electron chi connectivity index (χ3n) is 4.65. The zero-order valence-electron chi connectivity index (χ0n) is 16.4. The zero-order chi connectivity index (χ0) is 22.7. The smallest absolute Gasteiger partial charge is 0.409 e. The maximum Gasteiger partial charge on any atom is 0.409 e. The van der Waals surface area contributed by atoms with Crippen molar-refractivity contribution in [1.82, 2.24) is 14.5 Å². The number of rotatable bonds is 4. The van der Waals surface area contributed by atoms with Gasteiger partial charge in [-0.2, -0.15) is 5.26 Å².